The average Bonchev–Trinajstić information content (AvgIpc) is 2.88. The minimum absolute atomic E-state index is 0.435. The second-order valence-electron chi connectivity index (χ2n) is 9.20. The Balaban J connectivity index is 1.92. The lowest BCUT2D eigenvalue weighted by Crippen LogP contribution is -2.63. The molecular weight excluding hydrogens is 528 g/mol. The van der Waals surface area contributed by atoms with E-state index in [1.165, 1.54) is 0 Å². The Labute approximate surface area is 230 Å². The van der Waals surface area contributed by atoms with E-state index >= 15 is 0 Å². The lowest BCUT2D eigenvalue weighted by Gasteiger charge is -2.43. The molecule has 0 unspecified atom stereocenters. The zero-order chi connectivity index (χ0) is 29.6. The quantitative estimate of drug-likeness (QED) is 0.328. The fraction of sp³-hybridized carbons (Fsp3) is 0.464. The van der Waals surface area contributed by atoms with Crippen molar-refractivity contribution in [3.05, 3.63) is 42.0 Å². The highest BCUT2D eigenvalue weighted by atomic mass is 16.7. The molecule has 0 saturated carbocycles. The maximum absolute atomic E-state index is 13.3. The number of carbonyl (C=O) groups excluding carboxylic acids is 5. The second-order valence-corrected chi connectivity index (χ2v) is 9.20. The molecule has 1 heterocycles. The summed E-state index contributed by atoms with van der Waals surface area (Å²) in [5, 5.41) is 1.77. The van der Waals surface area contributed by atoms with Gasteiger partial charge in [-0.25, -0.2) is 0 Å². The molecule has 2 aromatic carbocycles. The van der Waals surface area contributed by atoms with Crippen LogP contribution in [-0.4, -0.2) is 74.3 Å². The van der Waals surface area contributed by atoms with Crippen molar-refractivity contribution >= 4 is 40.6 Å². The molecule has 12 heteroatoms. The van der Waals surface area contributed by atoms with Crippen LogP contribution in [0.2, 0.25) is 0 Å². The number of fused-ring (bicyclic) bond motifs is 1. The van der Waals surface area contributed by atoms with E-state index in [0.717, 1.165) is 38.5 Å². The van der Waals surface area contributed by atoms with E-state index < -0.39 is 73.1 Å². The van der Waals surface area contributed by atoms with Gasteiger partial charge < -0.3 is 33.2 Å². The smallest absolute Gasteiger partial charge is 0.315 e. The SMILES string of the molecule is COc1ccc2cc([C@H](C)C(=O)O[C@@H]3O[C@H](COC(C)=O)[C@@H](OC(C)=O)[C@H](OC(C)=O)[C@H]3OC(C)=O)ccc2c1. The number of benzene rings is 2. The fourth-order valence-corrected chi connectivity index (χ4v) is 4.27. The number of methoxy groups -OCH3 is 1. The zero-order valence-corrected chi connectivity index (χ0v) is 23.0. The molecule has 0 spiro atoms. The number of carbonyl (C=O) groups is 5. The molecule has 1 aliphatic heterocycles. The summed E-state index contributed by atoms with van der Waals surface area (Å²) < 4.78 is 37.8. The van der Waals surface area contributed by atoms with Gasteiger partial charge in [0, 0.05) is 27.7 Å². The van der Waals surface area contributed by atoms with Crippen LogP contribution in [0, 0.1) is 0 Å². The van der Waals surface area contributed by atoms with Crippen LogP contribution in [0.25, 0.3) is 10.8 Å². The van der Waals surface area contributed by atoms with E-state index in [4.69, 9.17) is 33.2 Å². The van der Waals surface area contributed by atoms with Crippen molar-refractivity contribution in [2.24, 2.45) is 0 Å². The summed E-state index contributed by atoms with van der Waals surface area (Å²) in [5.41, 5.74) is 0.633. The van der Waals surface area contributed by atoms with E-state index in [1.807, 2.05) is 24.3 Å². The molecule has 40 heavy (non-hydrogen) atoms. The Kier molecular flexibility index (Phi) is 10.1. The molecule has 0 N–H and O–H groups in total. The predicted molar refractivity (Wildman–Crippen MR) is 137 cm³/mol. The summed E-state index contributed by atoms with van der Waals surface area (Å²) in [5.74, 6) is -3.86. The van der Waals surface area contributed by atoms with Gasteiger partial charge in [-0.3, -0.25) is 24.0 Å². The lowest BCUT2D eigenvalue weighted by atomic mass is 9.96. The Morgan fingerprint density at radius 3 is 1.93 bits per heavy atom. The van der Waals surface area contributed by atoms with Crippen molar-refractivity contribution in [3.63, 3.8) is 0 Å². The van der Waals surface area contributed by atoms with Gasteiger partial charge in [-0.05, 0) is 35.4 Å². The van der Waals surface area contributed by atoms with Crippen LogP contribution in [0.3, 0.4) is 0 Å². The Morgan fingerprint density at radius 1 is 0.750 bits per heavy atom. The molecule has 12 nitrogen and oxygen atoms in total. The van der Waals surface area contributed by atoms with E-state index in [2.05, 4.69) is 0 Å². The lowest BCUT2D eigenvalue weighted by molar-refractivity contribution is -0.301. The molecule has 1 saturated heterocycles. The summed E-state index contributed by atoms with van der Waals surface area (Å²) in [6.45, 7) is 5.66. The third-order valence-electron chi connectivity index (χ3n) is 6.11. The van der Waals surface area contributed by atoms with Gasteiger partial charge in [0.25, 0.3) is 0 Å². The molecule has 0 bridgehead atoms. The topological polar surface area (TPSA) is 150 Å². The van der Waals surface area contributed by atoms with Crippen molar-refractivity contribution in [1.82, 2.24) is 0 Å². The Bertz CT molecular complexity index is 1270. The normalized spacial score (nSPS) is 22.9. The van der Waals surface area contributed by atoms with Crippen molar-refractivity contribution < 1.29 is 57.1 Å². The van der Waals surface area contributed by atoms with Gasteiger partial charge in [0.15, 0.2) is 12.2 Å². The number of rotatable bonds is 9. The number of hydrogen-bond donors (Lipinski definition) is 0. The van der Waals surface area contributed by atoms with E-state index in [1.54, 1.807) is 26.2 Å². The van der Waals surface area contributed by atoms with Crippen molar-refractivity contribution in [2.75, 3.05) is 13.7 Å². The maximum Gasteiger partial charge on any atom is 0.315 e. The number of hydrogen-bond acceptors (Lipinski definition) is 12. The van der Waals surface area contributed by atoms with E-state index in [0.29, 0.717) is 11.3 Å². The summed E-state index contributed by atoms with van der Waals surface area (Å²) in [4.78, 5) is 60.6. The van der Waals surface area contributed by atoms with Gasteiger partial charge in [0.05, 0.1) is 13.0 Å². The van der Waals surface area contributed by atoms with Gasteiger partial charge in [-0.2, -0.15) is 0 Å². The highest BCUT2D eigenvalue weighted by Gasteiger charge is 2.54. The van der Waals surface area contributed by atoms with Crippen LogP contribution < -0.4 is 4.74 Å². The van der Waals surface area contributed by atoms with Gasteiger partial charge in [-0.15, -0.1) is 0 Å². The highest BCUT2D eigenvalue weighted by molar-refractivity contribution is 5.87. The Morgan fingerprint density at radius 2 is 1.32 bits per heavy atom. The molecule has 0 radical (unpaired) electrons. The van der Waals surface area contributed by atoms with Gasteiger partial charge in [-0.1, -0.05) is 24.3 Å². The van der Waals surface area contributed by atoms with Gasteiger partial charge in [0.2, 0.25) is 12.4 Å². The fourth-order valence-electron chi connectivity index (χ4n) is 4.27. The third kappa shape index (κ3) is 7.69. The molecule has 3 rings (SSSR count). The maximum atomic E-state index is 13.3. The monoisotopic (exact) mass is 560 g/mol. The Hall–Kier alpha value is -4.19. The first-order valence-electron chi connectivity index (χ1n) is 12.5. The molecule has 1 fully saturated rings. The van der Waals surface area contributed by atoms with Crippen LogP contribution in [0.5, 0.6) is 5.75 Å². The van der Waals surface area contributed by atoms with Crippen LogP contribution in [0.1, 0.15) is 46.1 Å². The first-order valence-corrected chi connectivity index (χ1v) is 12.5. The summed E-state index contributed by atoms with van der Waals surface area (Å²) in [6.07, 6.45) is -7.12. The van der Waals surface area contributed by atoms with Crippen LogP contribution >= 0.6 is 0 Å². The molecule has 216 valence electrons. The minimum Gasteiger partial charge on any atom is -0.497 e. The van der Waals surface area contributed by atoms with E-state index in [-0.39, 0.29) is 0 Å². The zero-order valence-electron chi connectivity index (χ0n) is 23.0. The van der Waals surface area contributed by atoms with Crippen molar-refractivity contribution in [3.8, 4) is 5.75 Å². The first kappa shape index (κ1) is 30.4. The van der Waals surface area contributed by atoms with Crippen LogP contribution in [0.15, 0.2) is 36.4 Å². The molecule has 6 atom stereocenters. The molecule has 0 aromatic heterocycles. The summed E-state index contributed by atoms with van der Waals surface area (Å²) in [6, 6.07) is 10.9. The van der Waals surface area contributed by atoms with Crippen LogP contribution in [0.4, 0.5) is 0 Å². The molecule has 0 amide bonds. The standard InChI is InChI=1S/C28H32O12/c1-14(19-7-8-21-12-22(34-6)10-9-20(21)11-19)27(33)40-28-26(38-18(5)32)25(37-17(4)31)24(36-16(3)30)23(39-28)13-35-15(2)29/h7-12,14,23-26,28H,13H2,1-6H3/t14-,23+,24+,25-,26+,28-/m0/s1. The molecule has 0 aliphatic carbocycles. The largest absolute Gasteiger partial charge is 0.497 e. The van der Waals surface area contributed by atoms with E-state index in [9.17, 15) is 24.0 Å². The number of ether oxygens (including phenoxy) is 7. The summed E-state index contributed by atoms with van der Waals surface area (Å²) in [7, 11) is 1.57. The molecule has 1 aliphatic rings. The minimum atomic E-state index is -1.60. The van der Waals surface area contributed by atoms with Gasteiger partial charge in [0.1, 0.15) is 18.5 Å². The van der Waals surface area contributed by atoms with Crippen molar-refractivity contribution in [1.29, 1.82) is 0 Å². The molecular formula is C28H32O12. The van der Waals surface area contributed by atoms with Gasteiger partial charge >= 0.3 is 29.8 Å². The van der Waals surface area contributed by atoms with Crippen molar-refractivity contribution in [2.45, 2.75) is 71.2 Å². The number of esters is 5. The average molecular weight is 561 g/mol. The third-order valence-corrected chi connectivity index (χ3v) is 6.11. The van der Waals surface area contributed by atoms with Crippen LogP contribution in [-0.2, 0) is 52.4 Å². The highest BCUT2D eigenvalue weighted by Crippen LogP contribution is 2.32. The second kappa shape index (κ2) is 13.2. The molecule has 2 aromatic rings. The summed E-state index contributed by atoms with van der Waals surface area (Å²) >= 11 is 0. The first-order chi connectivity index (χ1) is 18.9. The predicted octanol–water partition coefficient (Wildman–Crippen LogP) is 2.58.